The van der Waals surface area contributed by atoms with Crippen molar-refractivity contribution in [1.29, 1.82) is 0 Å². The molecule has 0 saturated heterocycles. The van der Waals surface area contributed by atoms with Crippen LogP contribution in [0, 0.1) is 0 Å². The number of hydrogen-bond donors (Lipinski definition) is 0. The van der Waals surface area contributed by atoms with Crippen molar-refractivity contribution in [2.45, 2.75) is 51.4 Å². The molecule has 0 saturated carbocycles. The number of hydrogen-bond acceptors (Lipinski definition) is 4. The van der Waals surface area contributed by atoms with E-state index in [0.29, 0.717) is 13.2 Å². The maximum atomic E-state index is 12.7. The van der Waals surface area contributed by atoms with Gasteiger partial charge in [-0.3, -0.25) is 4.57 Å². The summed E-state index contributed by atoms with van der Waals surface area (Å²) in [6, 6.07) is 0. The molecular formula is C13H27O3PS. The van der Waals surface area contributed by atoms with Gasteiger partial charge in [-0.2, -0.15) is 0 Å². The van der Waals surface area contributed by atoms with E-state index in [4.69, 9.17) is 9.05 Å². The minimum atomic E-state index is -2.98. The second kappa shape index (κ2) is 11.1. The summed E-state index contributed by atoms with van der Waals surface area (Å²) >= 11 is 1.71. The molecule has 0 aliphatic rings. The van der Waals surface area contributed by atoms with E-state index in [1.807, 2.05) is 19.9 Å². The highest BCUT2D eigenvalue weighted by atomic mass is 32.2. The van der Waals surface area contributed by atoms with Crippen molar-refractivity contribution in [2.75, 3.05) is 19.0 Å². The van der Waals surface area contributed by atoms with Gasteiger partial charge in [-0.25, -0.2) is 0 Å². The van der Waals surface area contributed by atoms with E-state index in [0.717, 1.165) is 31.4 Å². The monoisotopic (exact) mass is 294 g/mol. The lowest BCUT2D eigenvalue weighted by atomic mass is 10.3. The fourth-order valence-electron chi connectivity index (χ4n) is 1.52. The SMILES string of the molecule is C=CCCC(SCCCC)P(=O)(OCC)OCC. The summed E-state index contributed by atoms with van der Waals surface area (Å²) in [6.45, 7) is 10.4. The molecule has 0 heterocycles. The van der Waals surface area contributed by atoms with Crippen molar-refractivity contribution in [1.82, 2.24) is 0 Å². The van der Waals surface area contributed by atoms with E-state index >= 15 is 0 Å². The van der Waals surface area contributed by atoms with Crippen molar-refractivity contribution in [3.63, 3.8) is 0 Å². The first kappa shape index (κ1) is 18.2. The van der Waals surface area contributed by atoms with Gasteiger partial charge in [0.25, 0.3) is 0 Å². The number of rotatable bonds is 12. The molecule has 0 radical (unpaired) electrons. The molecule has 0 aromatic carbocycles. The van der Waals surface area contributed by atoms with Gasteiger partial charge in [0.2, 0.25) is 0 Å². The van der Waals surface area contributed by atoms with Crippen molar-refractivity contribution in [3.05, 3.63) is 12.7 Å². The zero-order chi connectivity index (χ0) is 13.9. The minimum absolute atomic E-state index is 0.0676. The summed E-state index contributed by atoms with van der Waals surface area (Å²) in [5.74, 6) is 1.00. The smallest absolute Gasteiger partial charge is 0.308 e. The van der Waals surface area contributed by atoms with Crippen LogP contribution < -0.4 is 0 Å². The van der Waals surface area contributed by atoms with E-state index in [-0.39, 0.29) is 4.99 Å². The van der Waals surface area contributed by atoms with Gasteiger partial charge in [0, 0.05) is 0 Å². The molecule has 108 valence electrons. The van der Waals surface area contributed by atoms with Crippen LogP contribution in [0.4, 0.5) is 0 Å². The molecule has 0 N–H and O–H groups in total. The highest BCUT2D eigenvalue weighted by Gasteiger charge is 2.35. The van der Waals surface area contributed by atoms with Gasteiger partial charge in [0.15, 0.2) is 0 Å². The number of thioether (sulfide) groups is 1. The molecule has 3 nitrogen and oxygen atoms in total. The van der Waals surface area contributed by atoms with Crippen LogP contribution in [0.3, 0.4) is 0 Å². The van der Waals surface area contributed by atoms with Crippen molar-refractivity contribution in [3.8, 4) is 0 Å². The average molecular weight is 294 g/mol. The van der Waals surface area contributed by atoms with E-state index in [1.165, 1.54) is 0 Å². The van der Waals surface area contributed by atoms with Crippen LogP contribution in [0.5, 0.6) is 0 Å². The Morgan fingerprint density at radius 2 is 1.89 bits per heavy atom. The topological polar surface area (TPSA) is 35.5 Å². The molecule has 0 aliphatic carbocycles. The van der Waals surface area contributed by atoms with E-state index in [2.05, 4.69) is 13.5 Å². The molecule has 0 bridgehead atoms. The maximum absolute atomic E-state index is 12.7. The summed E-state index contributed by atoms with van der Waals surface area (Å²) in [6.07, 6.45) is 5.78. The first-order chi connectivity index (χ1) is 8.64. The van der Waals surface area contributed by atoms with Crippen molar-refractivity contribution in [2.24, 2.45) is 0 Å². The largest absolute Gasteiger partial charge is 0.343 e. The first-order valence-corrected chi connectivity index (χ1v) is 9.41. The Morgan fingerprint density at radius 3 is 2.33 bits per heavy atom. The minimum Gasteiger partial charge on any atom is -0.308 e. The molecule has 0 aromatic rings. The van der Waals surface area contributed by atoms with Gasteiger partial charge in [0.05, 0.1) is 13.2 Å². The standard InChI is InChI=1S/C13H27O3PS/c1-5-9-11-13(18-12-10-6-2)17(14,15-7-3)16-8-4/h5,13H,1,6-12H2,2-4H3. The Labute approximate surface area is 116 Å². The summed E-state index contributed by atoms with van der Waals surface area (Å²) in [5.41, 5.74) is 0. The predicted molar refractivity (Wildman–Crippen MR) is 81.4 cm³/mol. The molecule has 0 aromatic heterocycles. The molecule has 5 heteroatoms. The van der Waals surface area contributed by atoms with E-state index < -0.39 is 7.60 Å². The zero-order valence-corrected chi connectivity index (χ0v) is 13.6. The third kappa shape index (κ3) is 6.98. The van der Waals surface area contributed by atoms with Gasteiger partial charge in [0.1, 0.15) is 4.99 Å². The van der Waals surface area contributed by atoms with Crippen LogP contribution in [0.15, 0.2) is 12.7 Å². The quantitative estimate of drug-likeness (QED) is 0.286. The molecule has 0 aliphatic heterocycles. The lowest BCUT2D eigenvalue weighted by Gasteiger charge is -2.25. The summed E-state index contributed by atoms with van der Waals surface area (Å²) < 4.78 is 23.6. The lowest BCUT2D eigenvalue weighted by Crippen LogP contribution is -2.11. The first-order valence-electron chi connectivity index (χ1n) is 6.75. The van der Waals surface area contributed by atoms with Gasteiger partial charge in [-0.1, -0.05) is 19.4 Å². The molecule has 18 heavy (non-hydrogen) atoms. The number of unbranched alkanes of at least 4 members (excludes halogenated alkanes) is 1. The van der Waals surface area contributed by atoms with Gasteiger partial charge >= 0.3 is 7.60 Å². The van der Waals surface area contributed by atoms with Crippen LogP contribution >= 0.6 is 19.4 Å². The molecular weight excluding hydrogens is 267 g/mol. The van der Waals surface area contributed by atoms with E-state index in [1.54, 1.807) is 11.8 Å². The Bertz CT molecular complexity index is 249. The molecule has 1 atom stereocenters. The van der Waals surface area contributed by atoms with Gasteiger partial charge in [-0.05, 0) is 38.9 Å². The fourth-order valence-corrected chi connectivity index (χ4v) is 5.55. The summed E-state index contributed by atoms with van der Waals surface area (Å²) in [5, 5.41) is 0. The molecule has 0 rings (SSSR count). The summed E-state index contributed by atoms with van der Waals surface area (Å²) in [7, 11) is -2.98. The van der Waals surface area contributed by atoms with Crippen molar-refractivity contribution < 1.29 is 13.6 Å². The third-order valence-corrected chi connectivity index (χ3v) is 6.96. The predicted octanol–water partition coefficient (Wildman–Crippen LogP) is 5.08. The molecule has 0 amide bonds. The summed E-state index contributed by atoms with van der Waals surface area (Å²) in [4.78, 5) is -0.0676. The molecule has 0 spiro atoms. The van der Waals surface area contributed by atoms with Crippen LogP contribution in [-0.4, -0.2) is 24.0 Å². The zero-order valence-electron chi connectivity index (χ0n) is 11.9. The normalized spacial score (nSPS) is 13.5. The van der Waals surface area contributed by atoms with Crippen molar-refractivity contribution >= 4 is 19.4 Å². The van der Waals surface area contributed by atoms with Crippen LogP contribution in [0.25, 0.3) is 0 Å². The Balaban J connectivity index is 4.62. The Morgan fingerprint density at radius 1 is 1.28 bits per heavy atom. The lowest BCUT2D eigenvalue weighted by molar-refractivity contribution is 0.217. The second-order valence-electron chi connectivity index (χ2n) is 3.92. The van der Waals surface area contributed by atoms with E-state index in [9.17, 15) is 4.57 Å². The highest BCUT2D eigenvalue weighted by molar-refractivity contribution is 8.05. The highest BCUT2D eigenvalue weighted by Crippen LogP contribution is 2.58. The molecule has 1 unspecified atom stereocenters. The average Bonchev–Trinajstić information content (AvgIpc) is 2.34. The van der Waals surface area contributed by atoms with Gasteiger partial charge < -0.3 is 9.05 Å². The van der Waals surface area contributed by atoms with Gasteiger partial charge in [-0.15, -0.1) is 18.3 Å². The van der Waals surface area contributed by atoms with Crippen LogP contribution in [-0.2, 0) is 13.6 Å². The molecule has 0 fully saturated rings. The fraction of sp³-hybridized carbons (Fsp3) is 0.846. The Hall–Kier alpha value is 0.240. The Kier molecular flexibility index (Phi) is 11.2. The maximum Gasteiger partial charge on any atom is 0.343 e. The van der Waals surface area contributed by atoms with Crippen LogP contribution in [0.2, 0.25) is 0 Å². The third-order valence-electron chi connectivity index (χ3n) is 2.40. The van der Waals surface area contributed by atoms with Crippen LogP contribution in [0.1, 0.15) is 46.5 Å². The second-order valence-corrected chi connectivity index (χ2v) is 7.80. The number of allylic oxidation sites excluding steroid dienone is 1.